The van der Waals surface area contributed by atoms with Crippen LogP contribution in [0.5, 0.6) is 0 Å². The molecule has 1 heterocycles. The van der Waals surface area contributed by atoms with Crippen LogP contribution in [0.1, 0.15) is 93.7 Å². The molecule has 27 heavy (non-hydrogen) atoms. The summed E-state index contributed by atoms with van der Waals surface area (Å²) in [5.41, 5.74) is 6.54. The highest BCUT2D eigenvalue weighted by atomic mass is 31.1. The lowest BCUT2D eigenvalue weighted by Gasteiger charge is -2.21. The summed E-state index contributed by atoms with van der Waals surface area (Å²) >= 11 is 0. The van der Waals surface area contributed by atoms with Crippen LogP contribution < -0.4 is 4.90 Å². The first-order chi connectivity index (χ1) is 13.1. The van der Waals surface area contributed by atoms with E-state index in [2.05, 4.69) is 55.7 Å². The standard InChI is InChI=1S/C25H40NP/c1-21-18-22(2)25(23(3)19-21)26-16-17-27(20-26)24-14-12-10-8-6-4-5-7-9-11-13-15-24/h16-20,24,27H,4-15H2,1-3H3. The molecule has 0 bridgehead atoms. The summed E-state index contributed by atoms with van der Waals surface area (Å²) in [5, 5.41) is 0. The first kappa shape index (κ1) is 20.8. The number of rotatable bonds is 2. The molecule has 1 nitrogen and oxygen atoms in total. The molecule has 1 aromatic carbocycles. The molecule has 0 aromatic heterocycles. The van der Waals surface area contributed by atoms with Gasteiger partial charge in [0, 0.05) is 12.1 Å². The normalized spacial score (nSPS) is 23.4. The molecule has 1 atom stereocenters. The van der Waals surface area contributed by atoms with Gasteiger partial charge in [0.05, 0.1) is 5.69 Å². The summed E-state index contributed by atoms with van der Waals surface area (Å²) in [6, 6.07) is 4.65. The van der Waals surface area contributed by atoms with E-state index in [0.29, 0.717) is 0 Å². The van der Waals surface area contributed by atoms with E-state index in [1.165, 1.54) is 99.4 Å². The van der Waals surface area contributed by atoms with Crippen LogP contribution in [0.25, 0.3) is 0 Å². The number of anilines is 1. The average Bonchev–Trinajstić information content (AvgIpc) is 3.09. The minimum atomic E-state index is -0.527. The van der Waals surface area contributed by atoms with Crippen molar-refractivity contribution in [2.24, 2.45) is 0 Å². The van der Waals surface area contributed by atoms with Crippen molar-refractivity contribution in [2.75, 3.05) is 4.90 Å². The van der Waals surface area contributed by atoms with Crippen LogP contribution in [0.15, 0.2) is 24.1 Å². The highest BCUT2D eigenvalue weighted by Gasteiger charge is 2.18. The Balaban J connectivity index is 1.70. The lowest BCUT2D eigenvalue weighted by atomic mass is 10.0. The van der Waals surface area contributed by atoms with Gasteiger partial charge in [-0.25, -0.2) is 0 Å². The summed E-state index contributed by atoms with van der Waals surface area (Å²) in [6.45, 7) is 6.73. The van der Waals surface area contributed by atoms with Crippen molar-refractivity contribution in [3.8, 4) is 0 Å². The Bertz CT molecular complexity index is 636. The highest BCUT2D eigenvalue weighted by molar-refractivity contribution is 7.61. The van der Waals surface area contributed by atoms with Gasteiger partial charge in [0.25, 0.3) is 0 Å². The third-order valence-electron chi connectivity index (χ3n) is 6.44. The largest absolute Gasteiger partial charge is 0.323 e. The molecule has 1 fully saturated rings. The smallest absolute Gasteiger partial charge is 0.0508 e. The van der Waals surface area contributed by atoms with Crippen LogP contribution >= 0.6 is 7.55 Å². The third kappa shape index (κ3) is 6.02. The molecule has 150 valence electrons. The van der Waals surface area contributed by atoms with E-state index >= 15 is 0 Å². The van der Waals surface area contributed by atoms with E-state index in [1.807, 2.05) is 0 Å². The molecule has 1 aliphatic carbocycles. The zero-order valence-corrected chi connectivity index (χ0v) is 18.9. The Morgan fingerprint density at radius 1 is 0.741 bits per heavy atom. The molecule has 0 radical (unpaired) electrons. The molecule has 1 unspecified atom stereocenters. The maximum absolute atomic E-state index is 2.61. The fourth-order valence-electron chi connectivity index (χ4n) is 5.05. The molecule has 1 aliphatic heterocycles. The SMILES string of the molecule is Cc1cc(C)c(N2C=C[PH](C3CCCCCCCCCCCC3)=C2)c(C)c1. The maximum atomic E-state index is 2.61. The van der Waals surface area contributed by atoms with Crippen molar-refractivity contribution in [3.05, 3.63) is 40.8 Å². The van der Waals surface area contributed by atoms with E-state index in [4.69, 9.17) is 0 Å². The van der Waals surface area contributed by atoms with Gasteiger partial charge in [0.2, 0.25) is 0 Å². The van der Waals surface area contributed by atoms with Gasteiger partial charge in [-0.05, 0) is 56.2 Å². The number of hydrogen-bond donors (Lipinski definition) is 0. The molecule has 2 aliphatic rings. The Morgan fingerprint density at radius 3 is 1.74 bits per heavy atom. The Morgan fingerprint density at radius 2 is 1.22 bits per heavy atom. The number of aryl methyl sites for hydroxylation is 3. The van der Waals surface area contributed by atoms with E-state index < -0.39 is 7.55 Å². The van der Waals surface area contributed by atoms with Gasteiger partial charge in [-0.1, -0.05) is 89.4 Å². The molecule has 1 saturated carbocycles. The van der Waals surface area contributed by atoms with Crippen molar-refractivity contribution >= 4 is 19.2 Å². The van der Waals surface area contributed by atoms with Crippen LogP contribution in [0.4, 0.5) is 5.69 Å². The minimum absolute atomic E-state index is 0.527. The Kier molecular flexibility index (Phi) is 8.13. The third-order valence-corrected chi connectivity index (χ3v) is 9.07. The molecule has 0 spiro atoms. The molecule has 1 aromatic rings. The van der Waals surface area contributed by atoms with Crippen LogP contribution in [-0.4, -0.2) is 11.6 Å². The Hall–Kier alpha value is -0.940. The van der Waals surface area contributed by atoms with E-state index in [0.717, 1.165) is 5.66 Å². The fraction of sp³-hybridized carbons (Fsp3) is 0.640. The summed E-state index contributed by atoms with van der Waals surface area (Å²) in [6.07, 6.45) is 19.9. The monoisotopic (exact) mass is 385 g/mol. The number of nitrogens with zero attached hydrogens (tertiary/aromatic N) is 1. The summed E-state index contributed by atoms with van der Waals surface area (Å²) in [4.78, 5) is 2.46. The average molecular weight is 386 g/mol. The summed E-state index contributed by atoms with van der Waals surface area (Å²) in [5.74, 6) is 5.18. The van der Waals surface area contributed by atoms with Crippen LogP contribution in [0.3, 0.4) is 0 Å². The molecule has 3 rings (SSSR count). The fourth-order valence-corrected chi connectivity index (χ4v) is 7.56. The first-order valence-electron chi connectivity index (χ1n) is 11.4. The van der Waals surface area contributed by atoms with Crippen LogP contribution in [0.2, 0.25) is 0 Å². The predicted octanol–water partition coefficient (Wildman–Crippen LogP) is 7.94. The quantitative estimate of drug-likeness (QED) is 0.467. The van der Waals surface area contributed by atoms with Gasteiger partial charge < -0.3 is 4.90 Å². The Labute approximate surface area is 168 Å². The zero-order valence-electron chi connectivity index (χ0n) is 17.9. The van der Waals surface area contributed by atoms with Crippen LogP contribution in [0, 0.1) is 20.8 Å². The number of hydrogen-bond acceptors (Lipinski definition) is 1. The van der Waals surface area contributed by atoms with E-state index in [-0.39, 0.29) is 0 Å². The molecule has 2 heteroatoms. The second kappa shape index (κ2) is 10.6. The minimum Gasteiger partial charge on any atom is -0.323 e. The second-order valence-corrected chi connectivity index (χ2v) is 11.3. The lowest BCUT2D eigenvalue weighted by Crippen LogP contribution is -2.13. The number of benzene rings is 1. The van der Waals surface area contributed by atoms with Gasteiger partial charge >= 0.3 is 0 Å². The van der Waals surface area contributed by atoms with Gasteiger partial charge in [-0.15, -0.1) is 0 Å². The second-order valence-electron chi connectivity index (χ2n) is 8.91. The zero-order chi connectivity index (χ0) is 19.1. The van der Waals surface area contributed by atoms with Gasteiger partial charge in [0.15, 0.2) is 0 Å². The predicted molar refractivity (Wildman–Crippen MR) is 126 cm³/mol. The van der Waals surface area contributed by atoms with Crippen molar-refractivity contribution < 1.29 is 0 Å². The van der Waals surface area contributed by atoms with Crippen molar-refractivity contribution in [3.63, 3.8) is 0 Å². The molecular weight excluding hydrogens is 345 g/mol. The summed E-state index contributed by atoms with van der Waals surface area (Å²) in [7, 11) is -0.527. The molecule has 0 amide bonds. The van der Waals surface area contributed by atoms with Crippen molar-refractivity contribution in [1.29, 1.82) is 0 Å². The van der Waals surface area contributed by atoms with Crippen molar-refractivity contribution in [2.45, 2.75) is 103 Å². The van der Waals surface area contributed by atoms with E-state index in [9.17, 15) is 0 Å². The van der Waals surface area contributed by atoms with E-state index in [1.54, 1.807) is 0 Å². The van der Waals surface area contributed by atoms with Gasteiger partial charge in [-0.2, -0.15) is 0 Å². The van der Waals surface area contributed by atoms with Crippen LogP contribution in [-0.2, 0) is 0 Å². The molecule has 0 saturated heterocycles. The maximum Gasteiger partial charge on any atom is 0.0508 e. The summed E-state index contributed by atoms with van der Waals surface area (Å²) < 4.78 is 0. The molecule has 0 N–H and O–H groups in total. The topological polar surface area (TPSA) is 3.24 Å². The lowest BCUT2D eigenvalue weighted by molar-refractivity contribution is 0.562. The van der Waals surface area contributed by atoms with Crippen molar-refractivity contribution in [1.82, 2.24) is 0 Å². The van der Waals surface area contributed by atoms with Gasteiger partial charge in [-0.3, -0.25) is 0 Å². The highest BCUT2D eigenvalue weighted by Crippen LogP contribution is 2.43. The first-order valence-corrected chi connectivity index (χ1v) is 13.1. The molecular formula is C25H40NP. The van der Waals surface area contributed by atoms with Gasteiger partial charge in [0.1, 0.15) is 0 Å².